The molecule has 50 valence electrons. The summed E-state index contributed by atoms with van der Waals surface area (Å²) in [6, 6.07) is 7.83. The zero-order valence-electron chi connectivity index (χ0n) is 5.42. The smallest absolute Gasteiger partial charge is 0.157 e. The van der Waals surface area contributed by atoms with Gasteiger partial charge in [0.2, 0.25) is 0 Å². The van der Waals surface area contributed by atoms with E-state index in [0.29, 0.717) is 5.76 Å². The lowest BCUT2D eigenvalue weighted by Gasteiger charge is -1.91. The van der Waals surface area contributed by atoms with Gasteiger partial charge < -0.3 is 4.84 Å². The van der Waals surface area contributed by atoms with Crippen LogP contribution in [0.25, 0.3) is 5.76 Å². The van der Waals surface area contributed by atoms with Gasteiger partial charge in [-0.25, -0.2) is 5.48 Å². The normalized spacial score (nSPS) is 13.8. The summed E-state index contributed by atoms with van der Waals surface area (Å²) in [5, 5.41) is 0. The van der Waals surface area contributed by atoms with E-state index in [-0.39, 0.29) is 0 Å². The molecule has 1 N–H and O–H groups in total. The number of anilines is 1. The lowest BCUT2D eigenvalue weighted by atomic mass is 10.2. The SMILES string of the molecule is C=C1ONc2ccccc21. The minimum atomic E-state index is 0.690. The first-order chi connectivity index (χ1) is 4.88. The maximum absolute atomic E-state index is 4.98. The van der Waals surface area contributed by atoms with Gasteiger partial charge in [0, 0.05) is 5.56 Å². The standard InChI is InChI=1S/C8H7NO/c1-6-7-4-2-3-5-8(7)9-10-6/h2-5,9H,1H2. The number of benzene rings is 1. The Bertz CT molecular complexity index is 280. The third kappa shape index (κ3) is 0.589. The molecular formula is C8H7NO. The Morgan fingerprint density at radius 3 is 2.90 bits per heavy atom. The maximum atomic E-state index is 4.98. The molecule has 0 saturated heterocycles. The summed E-state index contributed by atoms with van der Waals surface area (Å²) in [5.41, 5.74) is 4.79. The molecule has 0 spiro atoms. The van der Waals surface area contributed by atoms with Crippen LogP contribution < -0.4 is 5.48 Å². The predicted octanol–water partition coefficient (Wildman–Crippen LogP) is 2.01. The molecular weight excluding hydrogens is 126 g/mol. The van der Waals surface area contributed by atoms with E-state index in [1.54, 1.807) is 0 Å². The Kier molecular flexibility index (Phi) is 0.947. The van der Waals surface area contributed by atoms with E-state index in [0.717, 1.165) is 11.3 Å². The monoisotopic (exact) mass is 133 g/mol. The number of para-hydroxylation sites is 1. The third-order valence-electron chi connectivity index (χ3n) is 1.51. The lowest BCUT2D eigenvalue weighted by molar-refractivity contribution is 0.380. The largest absolute Gasteiger partial charge is 0.382 e. The molecule has 2 nitrogen and oxygen atoms in total. The van der Waals surface area contributed by atoms with Gasteiger partial charge in [-0.1, -0.05) is 18.7 Å². The maximum Gasteiger partial charge on any atom is 0.157 e. The molecule has 0 amide bonds. The summed E-state index contributed by atoms with van der Waals surface area (Å²) < 4.78 is 0. The van der Waals surface area contributed by atoms with Crippen molar-refractivity contribution in [1.82, 2.24) is 0 Å². The van der Waals surface area contributed by atoms with Crippen LogP contribution in [0.3, 0.4) is 0 Å². The van der Waals surface area contributed by atoms with E-state index in [1.165, 1.54) is 0 Å². The number of rotatable bonds is 0. The van der Waals surface area contributed by atoms with Crippen LogP contribution in [0.4, 0.5) is 5.69 Å². The number of hydrogen-bond donors (Lipinski definition) is 1. The fourth-order valence-electron chi connectivity index (χ4n) is 0.987. The Labute approximate surface area is 59.1 Å². The molecule has 0 unspecified atom stereocenters. The molecule has 1 heterocycles. The van der Waals surface area contributed by atoms with Crippen LogP contribution in [0, 0.1) is 0 Å². The fraction of sp³-hybridized carbons (Fsp3) is 0. The van der Waals surface area contributed by atoms with Crippen molar-refractivity contribution in [2.24, 2.45) is 0 Å². The summed E-state index contributed by atoms with van der Waals surface area (Å²) in [7, 11) is 0. The van der Waals surface area contributed by atoms with Crippen LogP contribution in [0.5, 0.6) is 0 Å². The van der Waals surface area contributed by atoms with Crippen molar-refractivity contribution in [2.75, 3.05) is 5.48 Å². The molecule has 1 aliphatic heterocycles. The predicted molar refractivity (Wildman–Crippen MR) is 40.2 cm³/mol. The Morgan fingerprint density at radius 1 is 1.30 bits per heavy atom. The highest BCUT2D eigenvalue weighted by Crippen LogP contribution is 2.29. The first-order valence-electron chi connectivity index (χ1n) is 3.09. The van der Waals surface area contributed by atoms with Gasteiger partial charge >= 0.3 is 0 Å². The van der Waals surface area contributed by atoms with Gasteiger partial charge in [0.05, 0.1) is 5.69 Å². The third-order valence-corrected chi connectivity index (χ3v) is 1.51. The highest BCUT2D eigenvalue weighted by Gasteiger charge is 2.13. The van der Waals surface area contributed by atoms with Gasteiger partial charge in [-0.05, 0) is 12.1 Å². The molecule has 0 atom stereocenters. The number of nitrogens with one attached hydrogen (secondary N) is 1. The van der Waals surface area contributed by atoms with Crippen molar-refractivity contribution in [2.45, 2.75) is 0 Å². The summed E-state index contributed by atoms with van der Waals surface area (Å²) in [6.07, 6.45) is 0. The molecule has 0 aliphatic carbocycles. The van der Waals surface area contributed by atoms with E-state index < -0.39 is 0 Å². The second-order valence-corrected chi connectivity index (χ2v) is 2.17. The van der Waals surface area contributed by atoms with Crippen LogP contribution >= 0.6 is 0 Å². The number of fused-ring (bicyclic) bond motifs is 1. The molecule has 2 rings (SSSR count). The topological polar surface area (TPSA) is 21.3 Å². The summed E-state index contributed by atoms with van der Waals surface area (Å²) in [5.74, 6) is 0.690. The van der Waals surface area contributed by atoms with Crippen molar-refractivity contribution in [1.29, 1.82) is 0 Å². The molecule has 0 saturated carbocycles. The highest BCUT2D eigenvalue weighted by molar-refractivity contribution is 5.75. The van der Waals surface area contributed by atoms with Gasteiger partial charge in [0.1, 0.15) is 0 Å². The van der Waals surface area contributed by atoms with Crippen molar-refractivity contribution in [3.8, 4) is 0 Å². The fourth-order valence-corrected chi connectivity index (χ4v) is 0.987. The quantitative estimate of drug-likeness (QED) is 0.584. The van der Waals surface area contributed by atoms with Gasteiger partial charge in [0.15, 0.2) is 5.76 Å². The van der Waals surface area contributed by atoms with Crippen LogP contribution in [-0.4, -0.2) is 0 Å². The van der Waals surface area contributed by atoms with Crippen molar-refractivity contribution < 1.29 is 4.84 Å². The Balaban J connectivity index is 2.61. The molecule has 1 aromatic carbocycles. The van der Waals surface area contributed by atoms with Gasteiger partial charge in [0.25, 0.3) is 0 Å². The van der Waals surface area contributed by atoms with E-state index in [4.69, 9.17) is 4.84 Å². The molecule has 1 aromatic rings. The molecule has 1 aliphatic rings. The van der Waals surface area contributed by atoms with Crippen LogP contribution in [-0.2, 0) is 4.84 Å². The molecule has 0 bridgehead atoms. The Hall–Kier alpha value is -1.44. The highest BCUT2D eigenvalue weighted by atomic mass is 16.7. The zero-order chi connectivity index (χ0) is 6.97. The van der Waals surface area contributed by atoms with Crippen LogP contribution in [0.15, 0.2) is 30.8 Å². The van der Waals surface area contributed by atoms with Crippen molar-refractivity contribution in [3.63, 3.8) is 0 Å². The van der Waals surface area contributed by atoms with E-state index in [2.05, 4.69) is 12.1 Å². The van der Waals surface area contributed by atoms with Gasteiger partial charge in [-0.15, -0.1) is 0 Å². The zero-order valence-corrected chi connectivity index (χ0v) is 5.42. The first kappa shape index (κ1) is 5.35. The molecule has 0 fully saturated rings. The minimum Gasteiger partial charge on any atom is -0.382 e. The lowest BCUT2D eigenvalue weighted by Crippen LogP contribution is -1.85. The van der Waals surface area contributed by atoms with Crippen LogP contribution in [0.2, 0.25) is 0 Å². The second kappa shape index (κ2) is 1.77. The summed E-state index contributed by atoms with van der Waals surface area (Å²) in [6.45, 7) is 3.71. The van der Waals surface area contributed by atoms with E-state index in [1.807, 2.05) is 24.3 Å². The molecule has 0 radical (unpaired) electrons. The van der Waals surface area contributed by atoms with Gasteiger partial charge in [-0.3, -0.25) is 0 Å². The molecule has 10 heavy (non-hydrogen) atoms. The average Bonchev–Trinajstić information content (AvgIpc) is 2.34. The summed E-state index contributed by atoms with van der Waals surface area (Å²) >= 11 is 0. The van der Waals surface area contributed by atoms with Gasteiger partial charge in [-0.2, -0.15) is 0 Å². The second-order valence-electron chi connectivity index (χ2n) is 2.17. The molecule has 0 aromatic heterocycles. The van der Waals surface area contributed by atoms with Crippen molar-refractivity contribution >= 4 is 11.4 Å². The average molecular weight is 133 g/mol. The number of hydrogen-bond acceptors (Lipinski definition) is 2. The first-order valence-corrected chi connectivity index (χ1v) is 3.09. The van der Waals surface area contributed by atoms with E-state index in [9.17, 15) is 0 Å². The Morgan fingerprint density at radius 2 is 2.10 bits per heavy atom. The van der Waals surface area contributed by atoms with E-state index >= 15 is 0 Å². The van der Waals surface area contributed by atoms with Crippen molar-refractivity contribution in [3.05, 3.63) is 36.4 Å². The minimum absolute atomic E-state index is 0.690. The summed E-state index contributed by atoms with van der Waals surface area (Å²) in [4.78, 5) is 4.98. The van der Waals surface area contributed by atoms with Crippen LogP contribution in [0.1, 0.15) is 5.56 Å². The molecule has 2 heteroatoms.